The summed E-state index contributed by atoms with van der Waals surface area (Å²) in [4.78, 5) is 14.4. The minimum Gasteiger partial charge on any atom is -0.481 e. The van der Waals surface area contributed by atoms with E-state index < -0.39 is 11.5 Å². The first-order chi connectivity index (χ1) is 6.42. The van der Waals surface area contributed by atoms with E-state index in [0.29, 0.717) is 11.3 Å². The Balaban J connectivity index is 2.97. The van der Waals surface area contributed by atoms with Crippen molar-refractivity contribution in [2.24, 2.45) is 5.73 Å². The van der Waals surface area contributed by atoms with E-state index in [1.807, 2.05) is 0 Å². The van der Waals surface area contributed by atoms with Crippen LogP contribution >= 0.6 is 0 Å². The molecule has 0 radical (unpaired) electrons. The van der Waals surface area contributed by atoms with Crippen molar-refractivity contribution in [1.82, 2.24) is 4.98 Å². The Morgan fingerprint density at radius 3 is 2.79 bits per heavy atom. The molecular weight excluding hydrogens is 182 g/mol. The van der Waals surface area contributed by atoms with Gasteiger partial charge in [0.1, 0.15) is 0 Å². The molecule has 1 aromatic rings. The number of anilines is 1. The lowest BCUT2D eigenvalue weighted by molar-refractivity contribution is -0.138. The van der Waals surface area contributed by atoms with Gasteiger partial charge in [0.15, 0.2) is 0 Å². The first-order valence-electron chi connectivity index (χ1n) is 4.13. The molecule has 1 aromatic heterocycles. The Hall–Kier alpha value is -1.62. The third-order valence-corrected chi connectivity index (χ3v) is 1.94. The standard InChI is InChI=1S/C9H13N3O2/c1-9(11,3-8(13)14)6-2-7(10)5-12-4-6/h2,4-5H,3,10-11H2,1H3,(H,13,14)/t9-/m1/s1. The predicted octanol–water partition coefficient (Wildman–Crippen LogP) is 0.312. The summed E-state index contributed by atoms with van der Waals surface area (Å²) >= 11 is 0. The minimum absolute atomic E-state index is 0.155. The Morgan fingerprint density at radius 2 is 2.29 bits per heavy atom. The van der Waals surface area contributed by atoms with Crippen LogP contribution in [0.25, 0.3) is 0 Å². The average molecular weight is 195 g/mol. The number of carbonyl (C=O) groups is 1. The van der Waals surface area contributed by atoms with Crippen LogP contribution in [0, 0.1) is 0 Å². The molecule has 0 aliphatic carbocycles. The number of aliphatic carboxylic acids is 1. The largest absolute Gasteiger partial charge is 0.481 e. The monoisotopic (exact) mass is 195 g/mol. The van der Waals surface area contributed by atoms with Crippen LogP contribution in [-0.2, 0) is 10.3 Å². The van der Waals surface area contributed by atoms with Gasteiger partial charge in [0, 0.05) is 12.4 Å². The van der Waals surface area contributed by atoms with E-state index >= 15 is 0 Å². The summed E-state index contributed by atoms with van der Waals surface area (Å²) in [6.45, 7) is 1.64. The van der Waals surface area contributed by atoms with Crippen molar-refractivity contribution < 1.29 is 9.90 Å². The molecule has 1 rings (SSSR count). The zero-order valence-electron chi connectivity index (χ0n) is 7.90. The molecule has 5 nitrogen and oxygen atoms in total. The highest BCUT2D eigenvalue weighted by atomic mass is 16.4. The fourth-order valence-corrected chi connectivity index (χ4v) is 1.19. The number of pyridine rings is 1. The van der Waals surface area contributed by atoms with Gasteiger partial charge < -0.3 is 16.6 Å². The van der Waals surface area contributed by atoms with Crippen molar-refractivity contribution >= 4 is 11.7 Å². The number of aromatic nitrogens is 1. The van der Waals surface area contributed by atoms with Gasteiger partial charge >= 0.3 is 5.97 Å². The van der Waals surface area contributed by atoms with Crippen LogP contribution < -0.4 is 11.5 Å². The summed E-state index contributed by atoms with van der Waals surface area (Å²) in [5.41, 5.74) is 11.5. The van der Waals surface area contributed by atoms with Crippen LogP contribution in [0.3, 0.4) is 0 Å². The van der Waals surface area contributed by atoms with Gasteiger partial charge in [-0.05, 0) is 18.6 Å². The molecule has 5 N–H and O–H groups in total. The molecule has 5 heteroatoms. The molecule has 76 valence electrons. The Morgan fingerprint density at radius 1 is 1.64 bits per heavy atom. The zero-order chi connectivity index (χ0) is 10.8. The SMILES string of the molecule is C[C@@](N)(CC(=O)O)c1cncc(N)c1. The van der Waals surface area contributed by atoms with Gasteiger partial charge in [-0.1, -0.05) is 0 Å². The number of nitrogens with zero attached hydrogens (tertiary/aromatic N) is 1. The summed E-state index contributed by atoms with van der Waals surface area (Å²) < 4.78 is 0. The van der Waals surface area contributed by atoms with Gasteiger partial charge in [0.25, 0.3) is 0 Å². The van der Waals surface area contributed by atoms with Gasteiger partial charge in [-0.15, -0.1) is 0 Å². The molecule has 1 atom stereocenters. The van der Waals surface area contributed by atoms with E-state index in [4.69, 9.17) is 16.6 Å². The Labute approximate surface area is 81.7 Å². The first kappa shape index (κ1) is 10.5. The molecule has 0 saturated carbocycles. The van der Waals surface area contributed by atoms with Crippen molar-refractivity contribution in [1.29, 1.82) is 0 Å². The molecule has 0 saturated heterocycles. The molecule has 0 fully saturated rings. The summed E-state index contributed by atoms with van der Waals surface area (Å²) in [6, 6.07) is 1.63. The van der Waals surface area contributed by atoms with E-state index in [1.165, 1.54) is 12.4 Å². The minimum atomic E-state index is -0.947. The highest BCUT2D eigenvalue weighted by Crippen LogP contribution is 2.22. The molecule has 0 spiro atoms. The second-order valence-electron chi connectivity index (χ2n) is 3.49. The lowest BCUT2D eigenvalue weighted by Gasteiger charge is -2.22. The van der Waals surface area contributed by atoms with Crippen LogP contribution in [-0.4, -0.2) is 16.1 Å². The van der Waals surface area contributed by atoms with Gasteiger partial charge in [0.05, 0.1) is 17.6 Å². The van der Waals surface area contributed by atoms with Gasteiger partial charge in [-0.3, -0.25) is 9.78 Å². The van der Waals surface area contributed by atoms with Crippen LogP contribution in [0.5, 0.6) is 0 Å². The van der Waals surface area contributed by atoms with Gasteiger partial charge in [0.2, 0.25) is 0 Å². The summed E-state index contributed by atoms with van der Waals surface area (Å²) in [5.74, 6) is -0.947. The highest BCUT2D eigenvalue weighted by molar-refractivity contribution is 5.68. The van der Waals surface area contributed by atoms with Crippen molar-refractivity contribution in [3.63, 3.8) is 0 Å². The summed E-state index contributed by atoms with van der Waals surface area (Å²) in [6.07, 6.45) is 2.86. The molecule has 0 aromatic carbocycles. The maximum absolute atomic E-state index is 10.5. The van der Waals surface area contributed by atoms with Crippen molar-refractivity contribution in [2.45, 2.75) is 18.9 Å². The third kappa shape index (κ3) is 2.43. The first-order valence-corrected chi connectivity index (χ1v) is 4.13. The van der Waals surface area contributed by atoms with Crippen molar-refractivity contribution in [3.8, 4) is 0 Å². The fourth-order valence-electron chi connectivity index (χ4n) is 1.19. The Bertz CT molecular complexity index is 350. The van der Waals surface area contributed by atoms with Crippen molar-refractivity contribution in [2.75, 3.05) is 5.73 Å². The third-order valence-electron chi connectivity index (χ3n) is 1.94. The highest BCUT2D eigenvalue weighted by Gasteiger charge is 2.25. The van der Waals surface area contributed by atoms with E-state index in [0.717, 1.165) is 0 Å². The molecule has 0 unspecified atom stereocenters. The topological polar surface area (TPSA) is 102 Å². The van der Waals surface area contributed by atoms with E-state index in [2.05, 4.69) is 4.98 Å². The number of rotatable bonds is 3. The average Bonchev–Trinajstić information content (AvgIpc) is 2.01. The van der Waals surface area contributed by atoms with Crippen LogP contribution in [0.15, 0.2) is 18.5 Å². The molecule has 0 bridgehead atoms. The van der Waals surface area contributed by atoms with Crippen molar-refractivity contribution in [3.05, 3.63) is 24.0 Å². The smallest absolute Gasteiger partial charge is 0.305 e. The van der Waals surface area contributed by atoms with Crippen LogP contribution in [0.4, 0.5) is 5.69 Å². The number of carboxylic acid groups (broad SMARTS) is 1. The van der Waals surface area contributed by atoms with Gasteiger partial charge in [-0.2, -0.15) is 0 Å². The van der Waals surface area contributed by atoms with E-state index in [1.54, 1.807) is 13.0 Å². The molecule has 14 heavy (non-hydrogen) atoms. The molecule has 0 aliphatic rings. The number of nitrogen functional groups attached to an aromatic ring is 1. The number of hydrogen-bond acceptors (Lipinski definition) is 4. The van der Waals surface area contributed by atoms with E-state index in [-0.39, 0.29) is 6.42 Å². The van der Waals surface area contributed by atoms with E-state index in [9.17, 15) is 4.79 Å². The second-order valence-corrected chi connectivity index (χ2v) is 3.49. The van der Waals surface area contributed by atoms with Crippen LogP contribution in [0.2, 0.25) is 0 Å². The maximum Gasteiger partial charge on any atom is 0.305 e. The zero-order valence-corrected chi connectivity index (χ0v) is 7.90. The number of hydrogen-bond donors (Lipinski definition) is 3. The lowest BCUT2D eigenvalue weighted by atomic mass is 9.91. The van der Waals surface area contributed by atoms with Crippen LogP contribution in [0.1, 0.15) is 18.9 Å². The number of nitrogens with two attached hydrogens (primary N) is 2. The lowest BCUT2D eigenvalue weighted by Crippen LogP contribution is -2.35. The quantitative estimate of drug-likeness (QED) is 0.644. The predicted molar refractivity (Wildman–Crippen MR) is 52.4 cm³/mol. The molecule has 0 aliphatic heterocycles. The maximum atomic E-state index is 10.5. The normalized spacial score (nSPS) is 14.7. The molecular formula is C9H13N3O2. The fraction of sp³-hybridized carbons (Fsp3) is 0.333. The van der Waals surface area contributed by atoms with Gasteiger partial charge in [-0.25, -0.2) is 0 Å². The molecule has 1 heterocycles. The second kappa shape index (κ2) is 3.63. The summed E-state index contributed by atoms with van der Waals surface area (Å²) in [7, 11) is 0. The molecule has 0 amide bonds. The number of carboxylic acids is 1. The Kier molecular flexibility index (Phi) is 2.71. The summed E-state index contributed by atoms with van der Waals surface area (Å²) in [5, 5.41) is 8.65.